The summed E-state index contributed by atoms with van der Waals surface area (Å²) in [4.78, 5) is 14.7. The minimum absolute atomic E-state index is 0.0365. The molecule has 2 aromatic carbocycles. The van der Waals surface area contributed by atoms with Gasteiger partial charge in [0.15, 0.2) is 5.78 Å². The van der Waals surface area contributed by atoms with Crippen molar-refractivity contribution in [1.29, 1.82) is 0 Å². The molecule has 4 rings (SSSR count). The van der Waals surface area contributed by atoms with E-state index in [0.29, 0.717) is 17.9 Å². The van der Waals surface area contributed by atoms with Crippen LogP contribution in [0.15, 0.2) is 48.5 Å². The molecule has 1 aliphatic rings. The van der Waals surface area contributed by atoms with Gasteiger partial charge in [-0.05, 0) is 70.1 Å². The molecule has 0 saturated carbocycles. The van der Waals surface area contributed by atoms with Gasteiger partial charge in [-0.3, -0.25) is 4.79 Å². The Bertz CT molecular complexity index is 1020. The minimum atomic E-state index is -0.526. The van der Waals surface area contributed by atoms with E-state index in [1.807, 2.05) is 55.5 Å². The first kappa shape index (κ1) is 20.6. The number of carbonyl (C=O) groups is 1. The number of likely N-dealkylation sites (tertiary alicyclic amines) is 1. The van der Waals surface area contributed by atoms with E-state index in [2.05, 4.69) is 9.47 Å². The van der Waals surface area contributed by atoms with Crippen LogP contribution in [-0.4, -0.2) is 52.7 Å². The summed E-state index contributed by atoms with van der Waals surface area (Å²) in [7, 11) is 0. The molecule has 1 N–H and O–H groups in total. The lowest BCUT2D eigenvalue weighted by Crippen LogP contribution is -2.38. The molecule has 30 heavy (non-hydrogen) atoms. The topological polar surface area (TPSA) is 54.7 Å². The number of nitrogens with zero attached hydrogens (tertiary/aromatic N) is 2. The molecule has 5 heteroatoms. The van der Waals surface area contributed by atoms with Crippen LogP contribution in [0, 0.1) is 6.92 Å². The molecule has 1 atom stereocenters. The summed E-state index contributed by atoms with van der Waals surface area (Å²) in [6.07, 6.45) is 3.16. The van der Waals surface area contributed by atoms with Crippen molar-refractivity contribution in [3.63, 3.8) is 0 Å². The third kappa shape index (κ3) is 4.27. The van der Waals surface area contributed by atoms with E-state index < -0.39 is 6.10 Å². The summed E-state index contributed by atoms with van der Waals surface area (Å²) in [5.74, 6) is 0.711. The Balaban J connectivity index is 1.57. The molecule has 158 valence electrons. The fraction of sp³-hybridized carbons (Fsp3) is 0.400. The number of hydrogen-bond donors (Lipinski definition) is 1. The number of fused-ring (bicyclic) bond motifs is 1. The zero-order valence-electron chi connectivity index (χ0n) is 17.8. The quantitative estimate of drug-likeness (QED) is 0.592. The maximum Gasteiger partial charge on any atom is 0.162 e. The first-order valence-electron chi connectivity index (χ1n) is 10.8. The molecule has 0 bridgehead atoms. The standard InChI is InChI=1S/C25H30N2O3/c1-18-25(19(2)28)23-15-22(30-17-21(29)16-26-13-7-4-8-14-26)11-12-24(23)27(18)20-9-5-3-6-10-20/h3,5-6,9-12,15,21,29H,4,7-8,13-14,16-17H2,1-2H3/t21-/m0/s1. The van der Waals surface area contributed by atoms with Crippen LogP contribution in [0.5, 0.6) is 5.75 Å². The van der Waals surface area contributed by atoms with Crippen LogP contribution >= 0.6 is 0 Å². The number of Topliss-reactive ketones (excluding diaryl/α,β-unsaturated/α-hetero) is 1. The highest BCUT2D eigenvalue weighted by Crippen LogP contribution is 2.32. The highest BCUT2D eigenvalue weighted by molar-refractivity contribution is 6.09. The number of rotatable bonds is 7. The molecule has 0 unspecified atom stereocenters. The minimum Gasteiger partial charge on any atom is -0.491 e. The van der Waals surface area contributed by atoms with Crippen molar-refractivity contribution in [3.05, 3.63) is 59.8 Å². The normalized spacial score (nSPS) is 16.0. The van der Waals surface area contributed by atoms with Gasteiger partial charge in [0, 0.05) is 28.9 Å². The number of ketones is 1. The van der Waals surface area contributed by atoms with Gasteiger partial charge in [-0.1, -0.05) is 24.6 Å². The van der Waals surface area contributed by atoms with Gasteiger partial charge in [-0.15, -0.1) is 0 Å². The molecule has 3 aromatic rings. The SMILES string of the molecule is CC(=O)c1c(C)n(-c2ccccc2)c2ccc(OC[C@@H](O)CN3CCCCC3)cc12. The first-order chi connectivity index (χ1) is 14.5. The third-order valence-electron chi connectivity index (χ3n) is 5.90. The summed E-state index contributed by atoms with van der Waals surface area (Å²) in [5, 5.41) is 11.3. The Morgan fingerprint density at radius 3 is 2.53 bits per heavy atom. The number of aliphatic hydroxyl groups is 1. The zero-order valence-corrected chi connectivity index (χ0v) is 17.8. The Labute approximate surface area is 177 Å². The molecule has 0 aliphatic carbocycles. The molecule has 5 nitrogen and oxygen atoms in total. The lowest BCUT2D eigenvalue weighted by molar-refractivity contribution is 0.0617. The van der Waals surface area contributed by atoms with Crippen molar-refractivity contribution in [2.24, 2.45) is 0 Å². The highest BCUT2D eigenvalue weighted by atomic mass is 16.5. The van der Waals surface area contributed by atoms with Crippen molar-refractivity contribution in [1.82, 2.24) is 9.47 Å². The molecule has 0 radical (unpaired) electrons. The van der Waals surface area contributed by atoms with Crippen molar-refractivity contribution in [2.75, 3.05) is 26.2 Å². The van der Waals surface area contributed by atoms with Gasteiger partial charge < -0.3 is 19.3 Å². The average molecular weight is 407 g/mol. The van der Waals surface area contributed by atoms with Crippen molar-refractivity contribution in [3.8, 4) is 11.4 Å². The molecule has 1 fully saturated rings. The van der Waals surface area contributed by atoms with Crippen molar-refractivity contribution in [2.45, 2.75) is 39.2 Å². The number of ether oxygens (including phenoxy) is 1. The van der Waals surface area contributed by atoms with Gasteiger partial charge in [0.1, 0.15) is 18.5 Å². The van der Waals surface area contributed by atoms with E-state index in [0.717, 1.165) is 35.4 Å². The van der Waals surface area contributed by atoms with Crippen LogP contribution in [0.2, 0.25) is 0 Å². The molecule has 0 spiro atoms. The molecule has 0 amide bonds. The number of β-amino-alcohol motifs (C(OH)–C–C–N with tert-alkyl or cyclic N) is 1. The van der Waals surface area contributed by atoms with Crippen LogP contribution in [0.4, 0.5) is 0 Å². The van der Waals surface area contributed by atoms with E-state index in [1.54, 1.807) is 6.92 Å². The van der Waals surface area contributed by atoms with Crippen LogP contribution in [0.1, 0.15) is 42.2 Å². The average Bonchev–Trinajstić information content (AvgIpc) is 3.04. The first-order valence-corrected chi connectivity index (χ1v) is 10.8. The Morgan fingerprint density at radius 2 is 1.83 bits per heavy atom. The van der Waals surface area contributed by atoms with E-state index in [-0.39, 0.29) is 12.4 Å². The van der Waals surface area contributed by atoms with Crippen molar-refractivity contribution < 1.29 is 14.6 Å². The largest absolute Gasteiger partial charge is 0.491 e. The van der Waals surface area contributed by atoms with Gasteiger partial charge in [0.25, 0.3) is 0 Å². The summed E-state index contributed by atoms with van der Waals surface area (Å²) in [6.45, 7) is 6.58. The van der Waals surface area contributed by atoms with Gasteiger partial charge in [-0.2, -0.15) is 0 Å². The predicted molar refractivity (Wildman–Crippen MR) is 120 cm³/mol. The number of aromatic nitrogens is 1. The highest BCUT2D eigenvalue weighted by Gasteiger charge is 2.20. The monoisotopic (exact) mass is 406 g/mol. The number of para-hydroxylation sites is 1. The third-order valence-corrected chi connectivity index (χ3v) is 5.90. The van der Waals surface area contributed by atoms with Gasteiger partial charge >= 0.3 is 0 Å². The molecule has 1 aliphatic heterocycles. The fourth-order valence-corrected chi connectivity index (χ4v) is 4.53. The predicted octanol–water partition coefficient (Wildman–Crippen LogP) is 4.37. The van der Waals surface area contributed by atoms with Crippen LogP contribution < -0.4 is 4.74 Å². The Hall–Kier alpha value is -2.63. The number of carbonyl (C=O) groups excluding carboxylic acids is 1. The van der Waals surface area contributed by atoms with Gasteiger partial charge in [0.2, 0.25) is 0 Å². The number of benzene rings is 2. The van der Waals surface area contributed by atoms with Crippen LogP contribution in [0.25, 0.3) is 16.6 Å². The molecule has 2 heterocycles. The summed E-state index contributed by atoms with van der Waals surface area (Å²) >= 11 is 0. The molecular weight excluding hydrogens is 376 g/mol. The number of aliphatic hydroxyl groups excluding tert-OH is 1. The smallest absolute Gasteiger partial charge is 0.162 e. The summed E-state index contributed by atoms with van der Waals surface area (Å²) < 4.78 is 8.02. The lowest BCUT2D eigenvalue weighted by atomic mass is 10.1. The maximum atomic E-state index is 12.4. The second kappa shape index (κ2) is 9.02. The zero-order chi connectivity index (χ0) is 21.1. The number of piperidine rings is 1. The van der Waals surface area contributed by atoms with Gasteiger partial charge in [0.05, 0.1) is 5.52 Å². The second-order valence-corrected chi connectivity index (χ2v) is 8.19. The van der Waals surface area contributed by atoms with Crippen molar-refractivity contribution >= 4 is 16.7 Å². The molecule has 1 saturated heterocycles. The fourth-order valence-electron chi connectivity index (χ4n) is 4.53. The molecular formula is C25H30N2O3. The second-order valence-electron chi connectivity index (χ2n) is 8.19. The van der Waals surface area contributed by atoms with Gasteiger partial charge in [-0.25, -0.2) is 0 Å². The van der Waals surface area contributed by atoms with Crippen LogP contribution in [0.3, 0.4) is 0 Å². The van der Waals surface area contributed by atoms with Crippen LogP contribution in [-0.2, 0) is 0 Å². The summed E-state index contributed by atoms with van der Waals surface area (Å²) in [6, 6.07) is 15.9. The Kier molecular flexibility index (Phi) is 6.21. The van der Waals surface area contributed by atoms with E-state index in [4.69, 9.17) is 4.74 Å². The van der Waals surface area contributed by atoms with E-state index >= 15 is 0 Å². The maximum absolute atomic E-state index is 12.4. The van der Waals surface area contributed by atoms with E-state index in [9.17, 15) is 9.90 Å². The van der Waals surface area contributed by atoms with E-state index in [1.165, 1.54) is 19.3 Å². The lowest BCUT2D eigenvalue weighted by Gasteiger charge is -2.28. The molecule has 1 aromatic heterocycles. The number of hydrogen-bond acceptors (Lipinski definition) is 4. The Morgan fingerprint density at radius 1 is 1.10 bits per heavy atom. The summed E-state index contributed by atoms with van der Waals surface area (Å²) in [5.41, 5.74) is 3.64.